The highest BCUT2D eigenvalue weighted by atomic mass is 16.5. The van der Waals surface area contributed by atoms with E-state index < -0.39 is 12.0 Å². The number of imidazole rings is 1. The third-order valence-electron chi connectivity index (χ3n) is 2.57. The lowest BCUT2D eigenvalue weighted by atomic mass is 10.1. The van der Waals surface area contributed by atoms with Gasteiger partial charge in [-0.1, -0.05) is 0 Å². The number of esters is 1. The fraction of sp³-hybridized carbons (Fsp3) is 0.364. The zero-order valence-corrected chi connectivity index (χ0v) is 10.8. The van der Waals surface area contributed by atoms with E-state index in [-0.39, 0.29) is 18.9 Å². The van der Waals surface area contributed by atoms with Crippen molar-refractivity contribution in [2.45, 2.75) is 19.0 Å². The van der Waals surface area contributed by atoms with Gasteiger partial charge >= 0.3 is 5.97 Å². The standard InChI is InChI=1S/C11H14N6O3/c1-20-11(19)9(2-8-3-12-5-14-8)16-10(18)4-17-7-13-6-15-17/h3,5-7,9H,2,4H2,1H3,(H,12,14)(H,16,18)/t9-/m0/s1. The Morgan fingerprint density at radius 2 is 2.35 bits per heavy atom. The van der Waals surface area contributed by atoms with Gasteiger partial charge in [0.05, 0.1) is 13.4 Å². The van der Waals surface area contributed by atoms with Gasteiger partial charge in [0, 0.05) is 18.3 Å². The zero-order chi connectivity index (χ0) is 14.4. The molecule has 0 unspecified atom stereocenters. The van der Waals surface area contributed by atoms with Gasteiger partial charge in [-0.2, -0.15) is 5.10 Å². The summed E-state index contributed by atoms with van der Waals surface area (Å²) in [5, 5.41) is 6.41. The largest absolute Gasteiger partial charge is 0.467 e. The Morgan fingerprint density at radius 3 is 2.95 bits per heavy atom. The molecule has 2 aromatic heterocycles. The van der Waals surface area contributed by atoms with Crippen molar-refractivity contribution in [1.82, 2.24) is 30.0 Å². The molecule has 0 spiro atoms. The molecule has 1 atom stereocenters. The molecule has 0 radical (unpaired) electrons. The van der Waals surface area contributed by atoms with Crippen LogP contribution < -0.4 is 5.32 Å². The Labute approximate surface area is 114 Å². The first-order chi connectivity index (χ1) is 9.69. The number of H-pyrrole nitrogens is 1. The minimum Gasteiger partial charge on any atom is -0.467 e. The van der Waals surface area contributed by atoms with Gasteiger partial charge in [-0.05, 0) is 0 Å². The first-order valence-electron chi connectivity index (χ1n) is 5.86. The van der Waals surface area contributed by atoms with E-state index in [2.05, 4.69) is 30.1 Å². The number of rotatable bonds is 6. The topological polar surface area (TPSA) is 115 Å². The van der Waals surface area contributed by atoms with Crippen LogP contribution in [0.1, 0.15) is 5.69 Å². The number of methoxy groups -OCH3 is 1. The van der Waals surface area contributed by atoms with Gasteiger partial charge < -0.3 is 15.0 Å². The predicted octanol–water partition coefficient (Wildman–Crippen LogP) is -1.10. The van der Waals surface area contributed by atoms with Gasteiger partial charge in [-0.25, -0.2) is 19.4 Å². The number of aromatic amines is 1. The Balaban J connectivity index is 1.96. The molecule has 0 bridgehead atoms. The maximum atomic E-state index is 11.8. The second-order valence-electron chi connectivity index (χ2n) is 4.02. The fourth-order valence-electron chi connectivity index (χ4n) is 1.65. The number of hydrogen-bond donors (Lipinski definition) is 2. The van der Waals surface area contributed by atoms with Crippen LogP contribution >= 0.6 is 0 Å². The van der Waals surface area contributed by atoms with Crippen molar-refractivity contribution in [1.29, 1.82) is 0 Å². The number of aromatic nitrogens is 5. The first kappa shape index (κ1) is 13.7. The quantitative estimate of drug-likeness (QED) is 0.648. The van der Waals surface area contributed by atoms with Gasteiger partial charge in [0.25, 0.3) is 0 Å². The van der Waals surface area contributed by atoms with E-state index in [1.807, 2.05) is 0 Å². The predicted molar refractivity (Wildman–Crippen MR) is 66.3 cm³/mol. The minimum absolute atomic E-state index is 0.0174. The van der Waals surface area contributed by atoms with E-state index in [1.165, 1.54) is 30.8 Å². The van der Waals surface area contributed by atoms with Crippen LogP contribution in [0.3, 0.4) is 0 Å². The molecule has 0 aliphatic carbocycles. The lowest BCUT2D eigenvalue weighted by Crippen LogP contribution is -2.44. The van der Waals surface area contributed by atoms with Crippen LogP contribution in [0.15, 0.2) is 25.2 Å². The molecule has 9 nitrogen and oxygen atoms in total. The molecule has 2 rings (SSSR count). The van der Waals surface area contributed by atoms with Crippen molar-refractivity contribution in [2.75, 3.05) is 7.11 Å². The SMILES string of the molecule is COC(=O)[C@H](Cc1cnc[nH]1)NC(=O)Cn1cncn1. The average Bonchev–Trinajstić information content (AvgIpc) is 3.10. The molecule has 106 valence electrons. The number of hydrogen-bond acceptors (Lipinski definition) is 6. The zero-order valence-electron chi connectivity index (χ0n) is 10.8. The monoisotopic (exact) mass is 278 g/mol. The normalized spacial score (nSPS) is 11.8. The van der Waals surface area contributed by atoms with Crippen molar-refractivity contribution in [3.63, 3.8) is 0 Å². The van der Waals surface area contributed by atoms with Crippen LogP contribution in [-0.4, -0.2) is 49.8 Å². The summed E-state index contributed by atoms with van der Waals surface area (Å²) in [7, 11) is 1.27. The summed E-state index contributed by atoms with van der Waals surface area (Å²) in [5.74, 6) is -0.878. The van der Waals surface area contributed by atoms with Crippen LogP contribution in [0.5, 0.6) is 0 Å². The molecular weight excluding hydrogens is 264 g/mol. The summed E-state index contributed by atoms with van der Waals surface area (Å²) in [5.41, 5.74) is 0.724. The number of carbonyl (C=O) groups is 2. The second-order valence-corrected chi connectivity index (χ2v) is 4.02. The molecule has 2 aromatic rings. The summed E-state index contributed by atoms with van der Waals surface area (Å²) in [6.45, 7) is -0.0174. The minimum atomic E-state index is -0.781. The highest BCUT2D eigenvalue weighted by Gasteiger charge is 2.22. The molecule has 9 heteroatoms. The molecule has 0 saturated carbocycles. The van der Waals surface area contributed by atoms with E-state index >= 15 is 0 Å². The van der Waals surface area contributed by atoms with E-state index in [9.17, 15) is 9.59 Å². The molecular formula is C11H14N6O3. The summed E-state index contributed by atoms with van der Waals surface area (Å²) in [6.07, 6.45) is 6.10. The number of ether oxygens (including phenoxy) is 1. The summed E-state index contributed by atoms with van der Waals surface area (Å²) in [4.78, 5) is 34.0. The molecule has 20 heavy (non-hydrogen) atoms. The summed E-state index contributed by atoms with van der Waals surface area (Å²) in [6, 6.07) is -0.781. The van der Waals surface area contributed by atoms with Crippen molar-refractivity contribution in [3.8, 4) is 0 Å². The number of carbonyl (C=O) groups excluding carboxylic acids is 2. The van der Waals surface area contributed by atoms with Crippen LogP contribution in [-0.2, 0) is 27.3 Å². The molecule has 0 saturated heterocycles. The Morgan fingerprint density at radius 1 is 1.50 bits per heavy atom. The Hall–Kier alpha value is -2.71. The highest BCUT2D eigenvalue weighted by molar-refractivity contribution is 5.84. The Kier molecular flexibility index (Phi) is 4.43. The van der Waals surface area contributed by atoms with Crippen LogP contribution in [0, 0.1) is 0 Å². The Bertz CT molecular complexity index is 551. The van der Waals surface area contributed by atoms with E-state index in [4.69, 9.17) is 0 Å². The smallest absolute Gasteiger partial charge is 0.328 e. The van der Waals surface area contributed by atoms with Gasteiger partial charge in [-0.3, -0.25) is 4.79 Å². The lowest BCUT2D eigenvalue weighted by molar-refractivity contribution is -0.145. The van der Waals surface area contributed by atoms with Crippen LogP contribution in [0.25, 0.3) is 0 Å². The van der Waals surface area contributed by atoms with E-state index in [1.54, 1.807) is 6.20 Å². The van der Waals surface area contributed by atoms with E-state index in [0.717, 1.165) is 5.69 Å². The van der Waals surface area contributed by atoms with Crippen molar-refractivity contribution in [2.24, 2.45) is 0 Å². The van der Waals surface area contributed by atoms with Gasteiger partial charge in [0.15, 0.2) is 0 Å². The molecule has 2 heterocycles. The average molecular weight is 278 g/mol. The third-order valence-corrected chi connectivity index (χ3v) is 2.57. The van der Waals surface area contributed by atoms with Crippen LogP contribution in [0.2, 0.25) is 0 Å². The third kappa shape index (κ3) is 3.64. The molecule has 0 aromatic carbocycles. The molecule has 0 aliphatic heterocycles. The maximum Gasteiger partial charge on any atom is 0.328 e. The molecule has 1 amide bonds. The van der Waals surface area contributed by atoms with E-state index in [0.29, 0.717) is 0 Å². The van der Waals surface area contributed by atoms with Crippen molar-refractivity contribution >= 4 is 11.9 Å². The van der Waals surface area contributed by atoms with Crippen molar-refractivity contribution in [3.05, 3.63) is 30.9 Å². The number of nitrogens with one attached hydrogen (secondary N) is 2. The lowest BCUT2D eigenvalue weighted by Gasteiger charge is -2.15. The first-order valence-corrected chi connectivity index (χ1v) is 5.86. The second kappa shape index (κ2) is 6.45. The highest BCUT2D eigenvalue weighted by Crippen LogP contribution is 2.00. The summed E-state index contributed by atoms with van der Waals surface area (Å²) < 4.78 is 6.04. The molecule has 0 fully saturated rings. The van der Waals surface area contributed by atoms with Crippen molar-refractivity contribution < 1.29 is 14.3 Å². The fourth-order valence-corrected chi connectivity index (χ4v) is 1.65. The molecule has 0 aliphatic rings. The van der Waals surface area contributed by atoms with Gasteiger partial charge in [-0.15, -0.1) is 0 Å². The maximum absolute atomic E-state index is 11.8. The molecule has 2 N–H and O–H groups in total. The van der Waals surface area contributed by atoms with Gasteiger partial charge in [0.1, 0.15) is 25.2 Å². The van der Waals surface area contributed by atoms with Gasteiger partial charge in [0.2, 0.25) is 5.91 Å². The number of amides is 1. The summed E-state index contributed by atoms with van der Waals surface area (Å²) >= 11 is 0. The number of nitrogens with zero attached hydrogens (tertiary/aromatic N) is 4. The van der Waals surface area contributed by atoms with Crippen LogP contribution in [0.4, 0.5) is 0 Å².